The van der Waals surface area contributed by atoms with Gasteiger partial charge in [0.1, 0.15) is 11.8 Å². The summed E-state index contributed by atoms with van der Waals surface area (Å²) in [5, 5.41) is 4.99. The minimum Gasteiger partial charge on any atom is -0.355 e. The van der Waals surface area contributed by atoms with Crippen LogP contribution in [0, 0.1) is 11.8 Å². The van der Waals surface area contributed by atoms with Crippen LogP contribution in [0.1, 0.15) is 12.8 Å². The van der Waals surface area contributed by atoms with Crippen LogP contribution in [-0.4, -0.2) is 36.5 Å². The molecule has 2 N–H and O–H groups in total. The van der Waals surface area contributed by atoms with E-state index in [1.54, 1.807) is 0 Å². The molecule has 0 radical (unpaired) electrons. The van der Waals surface area contributed by atoms with E-state index in [9.17, 15) is 19.2 Å². The van der Waals surface area contributed by atoms with Crippen LogP contribution in [0.15, 0.2) is 0 Å². The van der Waals surface area contributed by atoms with Gasteiger partial charge in [-0.1, -0.05) is 0 Å². The second-order valence-electron chi connectivity index (χ2n) is 3.99. The lowest BCUT2D eigenvalue weighted by Gasteiger charge is -2.07. The van der Waals surface area contributed by atoms with Crippen molar-refractivity contribution in [1.29, 1.82) is 0 Å². The van der Waals surface area contributed by atoms with Crippen molar-refractivity contribution in [1.82, 2.24) is 10.6 Å². The number of carbonyl (C=O) groups is 4. The maximum absolute atomic E-state index is 11.7. The van der Waals surface area contributed by atoms with Crippen molar-refractivity contribution in [3.63, 3.8) is 0 Å². The van der Waals surface area contributed by atoms with E-state index in [-0.39, 0.29) is 0 Å². The molecule has 2 rings (SSSR count). The van der Waals surface area contributed by atoms with Crippen LogP contribution in [0.5, 0.6) is 0 Å². The third-order valence-electron chi connectivity index (χ3n) is 2.97. The summed E-state index contributed by atoms with van der Waals surface area (Å²) >= 11 is 0. The van der Waals surface area contributed by atoms with Gasteiger partial charge in [0.25, 0.3) is 0 Å². The van der Waals surface area contributed by atoms with Crippen molar-refractivity contribution in [2.75, 3.05) is 13.1 Å². The molecule has 0 spiro atoms. The second kappa shape index (κ2) is 4.03. The highest BCUT2D eigenvalue weighted by molar-refractivity contribution is 6.45. The van der Waals surface area contributed by atoms with E-state index in [1.165, 1.54) is 0 Å². The molecule has 2 unspecified atom stereocenters. The van der Waals surface area contributed by atoms with Crippen LogP contribution < -0.4 is 10.6 Å². The van der Waals surface area contributed by atoms with E-state index < -0.39 is 35.2 Å². The summed E-state index contributed by atoms with van der Waals surface area (Å²) in [7, 11) is 0. The Morgan fingerprint density at radius 2 is 1.25 bits per heavy atom. The minimum atomic E-state index is -0.888. The fraction of sp³-hybridized carbons (Fsp3) is 0.600. The molecule has 16 heavy (non-hydrogen) atoms. The van der Waals surface area contributed by atoms with Crippen molar-refractivity contribution in [3.05, 3.63) is 0 Å². The zero-order valence-corrected chi connectivity index (χ0v) is 8.62. The Balaban J connectivity index is 2.07. The van der Waals surface area contributed by atoms with Gasteiger partial charge in [-0.25, -0.2) is 0 Å². The third kappa shape index (κ3) is 1.70. The monoisotopic (exact) mass is 224 g/mol. The summed E-state index contributed by atoms with van der Waals surface area (Å²) in [6.45, 7) is 0.832. The average molecular weight is 224 g/mol. The average Bonchev–Trinajstić information content (AvgIpc) is 2.85. The van der Waals surface area contributed by atoms with E-state index in [0.717, 1.165) is 0 Å². The van der Waals surface area contributed by atoms with Crippen LogP contribution in [0.4, 0.5) is 0 Å². The van der Waals surface area contributed by atoms with Crippen LogP contribution in [0.25, 0.3) is 0 Å². The summed E-state index contributed by atoms with van der Waals surface area (Å²) in [4.78, 5) is 45.9. The van der Waals surface area contributed by atoms with Crippen molar-refractivity contribution < 1.29 is 19.2 Å². The van der Waals surface area contributed by atoms with Gasteiger partial charge in [0.2, 0.25) is 23.4 Å². The first-order valence-electron chi connectivity index (χ1n) is 5.24. The molecule has 0 aromatic heterocycles. The highest BCUT2D eigenvalue weighted by Gasteiger charge is 2.41. The first-order valence-corrected chi connectivity index (χ1v) is 5.24. The molecule has 0 aliphatic carbocycles. The van der Waals surface area contributed by atoms with E-state index in [1.807, 2.05) is 0 Å². The van der Waals surface area contributed by atoms with E-state index in [0.29, 0.717) is 25.9 Å². The number of Topliss-reactive ketones (excluding diaryl/α,β-unsaturated/α-hetero) is 2. The number of nitrogens with one attached hydrogen (secondary N) is 2. The minimum absolute atomic E-state index is 0.345. The number of hydrogen-bond donors (Lipinski definition) is 2. The Kier molecular flexibility index (Phi) is 2.72. The lowest BCUT2D eigenvalue weighted by Crippen LogP contribution is -2.36. The number of carbonyl (C=O) groups excluding carboxylic acids is 4. The normalized spacial score (nSPS) is 28.8. The predicted molar refractivity (Wildman–Crippen MR) is 52.2 cm³/mol. The van der Waals surface area contributed by atoms with Gasteiger partial charge in [0.15, 0.2) is 0 Å². The maximum atomic E-state index is 11.7. The van der Waals surface area contributed by atoms with Gasteiger partial charge in [-0.3, -0.25) is 19.2 Å². The van der Waals surface area contributed by atoms with Crippen LogP contribution in [0.3, 0.4) is 0 Å². The van der Waals surface area contributed by atoms with Crippen molar-refractivity contribution in [2.45, 2.75) is 12.8 Å². The summed E-state index contributed by atoms with van der Waals surface area (Å²) in [5.41, 5.74) is 0. The Morgan fingerprint density at radius 3 is 1.50 bits per heavy atom. The van der Waals surface area contributed by atoms with Gasteiger partial charge in [0, 0.05) is 13.1 Å². The molecule has 2 atom stereocenters. The lowest BCUT2D eigenvalue weighted by molar-refractivity contribution is -0.146. The van der Waals surface area contributed by atoms with Gasteiger partial charge < -0.3 is 10.6 Å². The Morgan fingerprint density at radius 1 is 0.875 bits per heavy atom. The first kappa shape index (κ1) is 10.8. The fourth-order valence-electron chi connectivity index (χ4n) is 2.03. The molecule has 2 amide bonds. The quantitative estimate of drug-likeness (QED) is 0.446. The van der Waals surface area contributed by atoms with Gasteiger partial charge in [-0.05, 0) is 12.8 Å². The fourth-order valence-corrected chi connectivity index (χ4v) is 2.03. The molecular weight excluding hydrogens is 212 g/mol. The van der Waals surface area contributed by atoms with Crippen molar-refractivity contribution in [2.24, 2.45) is 11.8 Å². The number of hydrogen-bond acceptors (Lipinski definition) is 4. The van der Waals surface area contributed by atoms with E-state index >= 15 is 0 Å². The number of ketones is 2. The molecule has 2 heterocycles. The van der Waals surface area contributed by atoms with Crippen molar-refractivity contribution in [3.8, 4) is 0 Å². The summed E-state index contributed by atoms with van der Waals surface area (Å²) in [6, 6.07) is 0. The van der Waals surface area contributed by atoms with Gasteiger partial charge in [0.05, 0.1) is 0 Å². The Bertz CT molecular complexity index is 341. The maximum Gasteiger partial charge on any atom is 0.231 e. The van der Waals surface area contributed by atoms with E-state index in [2.05, 4.69) is 10.6 Å². The molecular formula is C10H12N2O4. The lowest BCUT2D eigenvalue weighted by atomic mass is 9.91. The number of amides is 2. The largest absolute Gasteiger partial charge is 0.355 e. The Labute approximate surface area is 91.8 Å². The molecule has 2 fully saturated rings. The molecule has 6 heteroatoms. The zero-order chi connectivity index (χ0) is 11.7. The summed E-state index contributed by atoms with van der Waals surface area (Å²) in [5.74, 6) is -4.04. The third-order valence-corrected chi connectivity index (χ3v) is 2.97. The molecule has 86 valence electrons. The van der Waals surface area contributed by atoms with Crippen LogP contribution >= 0.6 is 0 Å². The molecule has 2 aliphatic heterocycles. The van der Waals surface area contributed by atoms with Crippen LogP contribution in [-0.2, 0) is 19.2 Å². The number of rotatable bonds is 3. The SMILES string of the molecule is O=C1NCCC1C(=O)C(=O)C1CCNC1=O. The van der Waals surface area contributed by atoms with Crippen molar-refractivity contribution >= 4 is 23.4 Å². The highest BCUT2D eigenvalue weighted by Crippen LogP contribution is 2.17. The molecule has 6 nitrogen and oxygen atoms in total. The molecule has 0 saturated carbocycles. The molecule has 2 saturated heterocycles. The molecule has 0 bridgehead atoms. The summed E-state index contributed by atoms with van der Waals surface area (Å²) < 4.78 is 0. The Hall–Kier alpha value is -1.72. The van der Waals surface area contributed by atoms with Gasteiger partial charge in [-0.15, -0.1) is 0 Å². The van der Waals surface area contributed by atoms with Crippen LogP contribution in [0.2, 0.25) is 0 Å². The first-order chi connectivity index (χ1) is 7.61. The molecule has 0 aromatic rings. The molecule has 2 aliphatic rings. The standard InChI is InChI=1S/C10H12N2O4/c13-7(5-1-3-11-9(5)15)8(14)6-2-4-12-10(6)16/h5-6H,1-4H2,(H,11,15)(H,12,16). The highest BCUT2D eigenvalue weighted by atomic mass is 16.2. The summed E-state index contributed by atoms with van der Waals surface area (Å²) in [6.07, 6.45) is 0.690. The zero-order valence-electron chi connectivity index (χ0n) is 8.62. The smallest absolute Gasteiger partial charge is 0.231 e. The predicted octanol–water partition coefficient (Wildman–Crippen LogP) is -1.60. The van der Waals surface area contributed by atoms with E-state index in [4.69, 9.17) is 0 Å². The second-order valence-corrected chi connectivity index (χ2v) is 3.99. The topological polar surface area (TPSA) is 92.3 Å². The van der Waals surface area contributed by atoms with Gasteiger partial charge >= 0.3 is 0 Å². The molecule has 0 aromatic carbocycles. The van der Waals surface area contributed by atoms with Gasteiger partial charge in [-0.2, -0.15) is 0 Å².